The molecule has 0 unspecified atom stereocenters. The van der Waals surface area contributed by atoms with E-state index >= 15 is 0 Å². The fraction of sp³-hybridized carbons (Fsp3) is 0.500. The highest BCUT2D eigenvalue weighted by Gasteiger charge is 2.37. The van der Waals surface area contributed by atoms with Gasteiger partial charge in [-0.25, -0.2) is 14.0 Å². The average molecular weight is 766 g/mol. The number of anilines is 1. The zero-order valence-electron chi connectivity index (χ0n) is 31.1. The number of nitrogens with one attached hydrogen (secondary N) is 3. The number of halogens is 1. The fourth-order valence-electron chi connectivity index (χ4n) is 6.00. The van der Waals surface area contributed by atoms with Gasteiger partial charge in [0.05, 0.1) is 63.5 Å². The summed E-state index contributed by atoms with van der Waals surface area (Å²) in [6.07, 6.45) is 3.42. The number of non-ortho nitro benzene ring substituents is 1. The van der Waals surface area contributed by atoms with Gasteiger partial charge in [0, 0.05) is 31.3 Å². The Labute approximate surface area is 317 Å². The summed E-state index contributed by atoms with van der Waals surface area (Å²) in [5.41, 5.74) is 2.67. The lowest BCUT2D eigenvalue weighted by Crippen LogP contribution is -2.58. The van der Waals surface area contributed by atoms with Crippen LogP contribution in [-0.2, 0) is 30.2 Å². The number of benzene rings is 2. The van der Waals surface area contributed by atoms with Crippen LogP contribution < -0.4 is 16.0 Å². The van der Waals surface area contributed by atoms with E-state index in [4.69, 9.17) is 23.9 Å². The van der Waals surface area contributed by atoms with Crippen LogP contribution in [0, 0.1) is 15.9 Å². The van der Waals surface area contributed by atoms with Crippen LogP contribution in [0.2, 0.25) is 0 Å². The van der Waals surface area contributed by atoms with Crippen molar-refractivity contribution >= 4 is 34.2 Å². The minimum absolute atomic E-state index is 0.0804. The van der Waals surface area contributed by atoms with Gasteiger partial charge in [0.1, 0.15) is 17.1 Å². The van der Waals surface area contributed by atoms with Crippen LogP contribution >= 0.6 is 0 Å². The molecule has 1 aliphatic carbocycles. The molecule has 5 rings (SSSR count). The molecule has 3 N–H and O–H groups in total. The first-order chi connectivity index (χ1) is 26.7. The molecule has 4 aromatic rings. The van der Waals surface area contributed by atoms with Crippen LogP contribution in [0.1, 0.15) is 72.8 Å². The summed E-state index contributed by atoms with van der Waals surface area (Å²) in [5, 5.41) is 27.4. The lowest BCUT2D eigenvalue weighted by molar-refractivity contribution is -0.383. The number of nitro groups is 1. The molecule has 2 aromatic carbocycles. The maximum atomic E-state index is 13.5. The number of nitrogens with zero attached hydrogens (tertiary/aromatic N) is 4. The Bertz CT molecular complexity index is 1870. The maximum Gasteiger partial charge on any atom is 0.300 e. The molecular weight excluding hydrogens is 717 g/mol. The zero-order valence-corrected chi connectivity index (χ0v) is 31.1. The highest BCUT2D eigenvalue weighted by Crippen LogP contribution is 2.41. The standard InChI is InChI=1S/C38H48FN7O9/c1-3-38(4-2,43-36(47)31-12-11-29(27-7-8-27)32(42-31)25-26-5-9-28(39)10-6-26)37(48)41-16-18-52-20-22-54-24-23-53-21-19-51-17-15-40-30-13-14-33(46(49)50)35-34(30)44-55-45-35/h5-6,9-14,27,40H,3-4,7-8,15-25H2,1-2H3,(H,41,48)(H,43,47). The van der Waals surface area contributed by atoms with E-state index in [1.54, 1.807) is 24.3 Å². The molecule has 0 saturated heterocycles. The van der Waals surface area contributed by atoms with Crippen LogP contribution in [0.5, 0.6) is 0 Å². The number of amides is 2. The van der Waals surface area contributed by atoms with Gasteiger partial charge in [-0.2, -0.15) is 0 Å². The molecule has 0 atom stereocenters. The zero-order chi connectivity index (χ0) is 39.0. The molecule has 2 heterocycles. The Morgan fingerprint density at radius 2 is 1.47 bits per heavy atom. The van der Waals surface area contributed by atoms with Crippen molar-refractivity contribution in [2.75, 3.05) is 71.3 Å². The number of nitro benzene ring substituents is 1. The third kappa shape index (κ3) is 11.7. The second kappa shape index (κ2) is 20.5. The number of hydrogen-bond acceptors (Lipinski definition) is 13. The molecule has 0 radical (unpaired) electrons. The van der Waals surface area contributed by atoms with Gasteiger partial charge in [0.15, 0.2) is 5.52 Å². The van der Waals surface area contributed by atoms with E-state index in [0.717, 1.165) is 29.7 Å². The topological polar surface area (TPSA) is 202 Å². The van der Waals surface area contributed by atoms with Gasteiger partial charge in [-0.3, -0.25) is 19.7 Å². The van der Waals surface area contributed by atoms with Gasteiger partial charge in [0.2, 0.25) is 11.4 Å². The minimum atomic E-state index is -1.12. The van der Waals surface area contributed by atoms with Crippen molar-refractivity contribution < 1.29 is 42.5 Å². The van der Waals surface area contributed by atoms with Gasteiger partial charge in [-0.1, -0.05) is 32.0 Å². The molecule has 55 heavy (non-hydrogen) atoms. The smallest absolute Gasteiger partial charge is 0.300 e. The largest absolute Gasteiger partial charge is 0.381 e. The van der Waals surface area contributed by atoms with Gasteiger partial charge < -0.3 is 34.9 Å². The van der Waals surface area contributed by atoms with Gasteiger partial charge in [0.25, 0.3) is 5.91 Å². The second-order valence-corrected chi connectivity index (χ2v) is 13.0. The van der Waals surface area contributed by atoms with E-state index in [-0.39, 0.29) is 47.3 Å². The summed E-state index contributed by atoms with van der Waals surface area (Å²) in [6, 6.07) is 12.9. The Morgan fingerprint density at radius 3 is 2.09 bits per heavy atom. The predicted molar refractivity (Wildman–Crippen MR) is 199 cm³/mol. The Kier molecular flexibility index (Phi) is 15.3. The first-order valence-electron chi connectivity index (χ1n) is 18.5. The van der Waals surface area contributed by atoms with Crippen molar-refractivity contribution in [2.45, 2.75) is 57.4 Å². The van der Waals surface area contributed by atoms with E-state index in [9.17, 15) is 24.1 Å². The molecule has 1 saturated carbocycles. The van der Waals surface area contributed by atoms with E-state index in [2.05, 4.69) is 30.9 Å². The Hall–Kier alpha value is -5.10. The predicted octanol–water partition coefficient (Wildman–Crippen LogP) is 4.72. The van der Waals surface area contributed by atoms with Crippen LogP contribution in [0.3, 0.4) is 0 Å². The second-order valence-electron chi connectivity index (χ2n) is 13.0. The number of carbonyl (C=O) groups excluding carboxylic acids is 2. The molecule has 0 spiro atoms. The third-order valence-electron chi connectivity index (χ3n) is 9.34. The summed E-state index contributed by atoms with van der Waals surface area (Å²) < 4.78 is 40.3. The van der Waals surface area contributed by atoms with Crippen molar-refractivity contribution in [3.8, 4) is 0 Å². The minimum Gasteiger partial charge on any atom is -0.381 e. The van der Waals surface area contributed by atoms with E-state index in [1.165, 1.54) is 18.2 Å². The van der Waals surface area contributed by atoms with Gasteiger partial charge >= 0.3 is 5.69 Å². The molecule has 2 amide bonds. The normalized spacial score (nSPS) is 12.9. The first-order valence-corrected chi connectivity index (χ1v) is 18.5. The van der Waals surface area contributed by atoms with Crippen molar-refractivity contribution in [1.82, 2.24) is 25.9 Å². The molecule has 1 aliphatic rings. The SMILES string of the molecule is CCC(CC)(NC(=O)c1ccc(C2CC2)c(Cc2ccc(F)cc2)n1)C(=O)NCCOCCOCCOCCOCCNc1ccc([N+](=O)[O-])c2nonc12. The van der Waals surface area contributed by atoms with E-state index < -0.39 is 16.4 Å². The van der Waals surface area contributed by atoms with Crippen LogP contribution in [0.15, 0.2) is 53.2 Å². The molecule has 0 aliphatic heterocycles. The number of pyridine rings is 1. The summed E-state index contributed by atoms with van der Waals surface area (Å²) >= 11 is 0. The molecule has 296 valence electrons. The van der Waals surface area contributed by atoms with Crippen molar-refractivity contribution in [1.29, 1.82) is 0 Å². The van der Waals surface area contributed by atoms with Crippen LogP contribution in [0.4, 0.5) is 15.8 Å². The van der Waals surface area contributed by atoms with E-state index in [0.29, 0.717) is 83.7 Å². The van der Waals surface area contributed by atoms with Crippen molar-refractivity contribution in [2.24, 2.45) is 0 Å². The highest BCUT2D eigenvalue weighted by molar-refractivity contribution is 5.98. The number of hydrogen-bond donors (Lipinski definition) is 3. The summed E-state index contributed by atoms with van der Waals surface area (Å²) in [4.78, 5) is 42.1. The van der Waals surface area contributed by atoms with Crippen LogP contribution in [-0.4, -0.2) is 104 Å². The van der Waals surface area contributed by atoms with Gasteiger partial charge in [-0.15, -0.1) is 0 Å². The summed E-state index contributed by atoms with van der Waals surface area (Å²) in [6.45, 7) is 7.29. The third-order valence-corrected chi connectivity index (χ3v) is 9.34. The van der Waals surface area contributed by atoms with E-state index in [1.807, 2.05) is 19.9 Å². The number of fused-ring (bicyclic) bond motifs is 1. The lowest BCUT2D eigenvalue weighted by atomic mass is 9.91. The number of ether oxygens (including phenoxy) is 4. The highest BCUT2D eigenvalue weighted by atomic mass is 19.1. The molecule has 16 nitrogen and oxygen atoms in total. The molecule has 0 bridgehead atoms. The fourth-order valence-corrected chi connectivity index (χ4v) is 6.00. The summed E-state index contributed by atoms with van der Waals surface area (Å²) in [7, 11) is 0. The molecular formula is C38H48FN7O9. The Balaban J connectivity index is 0.912. The first kappa shape index (κ1) is 41.1. The number of rotatable bonds is 25. The molecule has 2 aromatic heterocycles. The Morgan fingerprint density at radius 1 is 0.855 bits per heavy atom. The average Bonchev–Trinajstić information content (AvgIpc) is 3.92. The monoisotopic (exact) mass is 765 g/mol. The molecule has 1 fully saturated rings. The number of aromatic nitrogens is 3. The maximum absolute atomic E-state index is 13.5. The molecule has 17 heteroatoms. The van der Waals surface area contributed by atoms with Crippen LogP contribution in [0.25, 0.3) is 11.0 Å². The van der Waals surface area contributed by atoms with Crippen molar-refractivity contribution in [3.05, 3.63) is 87.0 Å². The number of carbonyl (C=O) groups is 2. The lowest BCUT2D eigenvalue weighted by Gasteiger charge is -2.31. The van der Waals surface area contributed by atoms with Crippen molar-refractivity contribution in [3.63, 3.8) is 0 Å². The van der Waals surface area contributed by atoms with Gasteiger partial charge in [-0.05, 0) is 77.3 Å². The summed E-state index contributed by atoms with van der Waals surface area (Å²) in [5.74, 6) is -0.599. The quantitative estimate of drug-likeness (QED) is 0.0476.